The van der Waals surface area contributed by atoms with Crippen LogP contribution in [0.4, 0.5) is 11.4 Å². The van der Waals surface area contributed by atoms with Crippen molar-refractivity contribution in [3.8, 4) is 0 Å². The zero-order valence-electron chi connectivity index (χ0n) is 19.5. The van der Waals surface area contributed by atoms with Crippen molar-refractivity contribution in [2.24, 2.45) is 4.99 Å². The summed E-state index contributed by atoms with van der Waals surface area (Å²) in [5.41, 5.74) is 5.68. The number of amides is 1. The number of anilines is 2. The fourth-order valence-corrected chi connectivity index (χ4v) is 8.46. The van der Waals surface area contributed by atoms with Gasteiger partial charge in [0, 0.05) is 42.8 Å². The molecule has 0 aliphatic carbocycles. The molecule has 0 aromatic heterocycles. The van der Waals surface area contributed by atoms with Crippen LogP contribution in [0.25, 0.3) is 0 Å². The van der Waals surface area contributed by atoms with E-state index in [4.69, 9.17) is 0 Å². The van der Waals surface area contributed by atoms with E-state index in [0.717, 1.165) is 42.6 Å². The van der Waals surface area contributed by atoms with E-state index in [2.05, 4.69) is 47.3 Å². The zero-order chi connectivity index (χ0) is 23.9. The number of piperazine rings is 1. The van der Waals surface area contributed by atoms with Crippen LogP contribution in [0.1, 0.15) is 16.7 Å². The lowest BCUT2D eigenvalue weighted by molar-refractivity contribution is -0.130. The van der Waals surface area contributed by atoms with Crippen molar-refractivity contribution in [1.29, 1.82) is 0 Å². The first-order chi connectivity index (χ1) is 16.3. The number of nitrogens with zero attached hydrogens (tertiary/aromatic N) is 3. The molecular weight excluding hydrogens is 468 g/mol. The van der Waals surface area contributed by atoms with E-state index in [-0.39, 0.29) is 28.7 Å². The maximum Gasteiger partial charge on any atom is 0.227 e. The van der Waals surface area contributed by atoms with E-state index in [9.17, 15) is 13.2 Å². The quantitative estimate of drug-likeness (QED) is 0.698. The smallest absolute Gasteiger partial charge is 0.227 e. The minimum Gasteiger partial charge on any atom is -0.368 e. The Kier molecular flexibility index (Phi) is 6.33. The van der Waals surface area contributed by atoms with Gasteiger partial charge < -0.3 is 15.1 Å². The summed E-state index contributed by atoms with van der Waals surface area (Å²) in [4.78, 5) is 21.8. The Balaban J connectivity index is 1.12. The van der Waals surface area contributed by atoms with Crippen molar-refractivity contribution in [2.45, 2.75) is 31.6 Å². The molecule has 2 aromatic rings. The third-order valence-electron chi connectivity index (χ3n) is 6.72. The number of amidine groups is 1. The minimum atomic E-state index is -2.94. The fraction of sp³-hybridized carbons (Fsp3) is 0.440. The van der Waals surface area contributed by atoms with Gasteiger partial charge in [0.25, 0.3) is 0 Å². The van der Waals surface area contributed by atoms with Crippen LogP contribution >= 0.6 is 11.8 Å². The average Bonchev–Trinajstić information content (AvgIpc) is 3.29. The molecule has 2 saturated heterocycles. The third kappa shape index (κ3) is 5.10. The first-order valence-electron chi connectivity index (χ1n) is 11.7. The Morgan fingerprint density at radius 2 is 1.79 bits per heavy atom. The van der Waals surface area contributed by atoms with E-state index >= 15 is 0 Å². The summed E-state index contributed by atoms with van der Waals surface area (Å²) in [5, 5.41) is 4.09. The number of sulfone groups is 1. The molecule has 1 amide bonds. The van der Waals surface area contributed by atoms with E-state index in [1.807, 2.05) is 29.2 Å². The molecule has 3 aliphatic rings. The molecule has 2 aromatic carbocycles. The van der Waals surface area contributed by atoms with Gasteiger partial charge in [-0.3, -0.25) is 9.79 Å². The molecule has 0 radical (unpaired) electrons. The number of carbonyl (C=O) groups is 1. The van der Waals surface area contributed by atoms with Crippen LogP contribution in [0.15, 0.2) is 47.5 Å². The van der Waals surface area contributed by atoms with Crippen molar-refractivity contribution in [3.05, 3.63) is 59.2 Å². The molecule has 0 saturated carbocycles. The molecule has 0 unspecified atom stereocenters. The van der Waals surface area contributed by atoms with Crippen LogP contribution in [0.2, 0.25) is 0 Å². The summed E-state index contributed by atoms with van der Waals surface area (Å²) < 4.78 is 23.4. The van der Waals surface area contributed by atoms with Gasteiger partial charge in [-0.25, -0.2) is 8.42 Å². The second kappa shape index (κ2) is 9.26. The van der Waals surface area contributed by atoms with Gasteiger partial charge in [-0.15, -0.1) is 0 Å². The van der Waals surface area contributed by atoms with E-state index in [0.29, 0.717) is 6.42 Å². The monoisotopic (exact) mass is 498 g/mol. The lowest BCUT2D eigenvalue weighted by Gasteiger charge is -2.37. The van der Waals surface area contributed by atoms with Crippen LogP contribution in [-0.2, 0) is 21.1 Å². The molecule has 34 heavy (non-hydrogen) atoms. The number of fused-ring (bicyclic) bond motifs is 1. The predicted octanol–water partition coefficient (Wildman–Crippen LogP) is 2.88. The number of rotatable bonds is 4. The zero-order valence-corrected chi connectivity index (χ0v) is 21.2. The Morgan fingerprint density at radius 1 is 1.06 bits per heavy atom. The molecule has 9 heteroatoms. The van der Waals surface area contributed by atoms with Crippen LogP contribution in [0.3, 0.4) is 0 Å². The molecule has 180 valence electrons. The number of nitrogens with one attached hydrogen (secondary N) is 1. The summed E-state index contributed by atoms with van der Waals surface area (Å²) in [6.07, 6.45) is 0.390. The lowest BCUT2D eigenvalue weighted by Crippen LogP contribution is -2.49. The highest BCUT2D eigenvalue weighted by molar-refractivity contribution is 8.15. The number of benzene rings is 2. The molecule has 0 spiro atoms. The number of hydrogen-bond acceptors (Lipinski definition) is 7. The summed E-state index contributed by atoms with van der Waals surface area (Å²) in [6.45, 7) is 7.42. The second-order valence-corrected chi connectivity index (χ2v) is 12.8. The normalized spacial score (nSPS) is 23.5. The summed E-state index contributed by atoms with van der Waals surface area (Å²) >= 11 is 1.51. The molecule has 0 bridgehead atoms. The SMILES string of the molecule is Cc1ccc(C)c(N2CCN(C(=O)Cc3ccc(NC4=N[C@H]5CS(=O)(=O)C[C@@H]5S4)cc3)CC2)c1. The van der Waals surface area contributed by atoms with E-state index in [1.165, 1.54) is 28.6 Å². The Bertz CT molecular complexity index is 1220. The largest absolute Gasteiger partial charge is 0.368 e. The van der Waals surface area contributed by atoms with Crippen LogP contribution in [0.5, 0.6) is 0 Å². The molecule has 3 aliphatic heterocycles. The predicted molar refractivity (Wildman–Crippen MR) is 140 cm³/mol. The van der Waals surface area contributed by atoms with Crippen molar-refractivity contribution >= 4 is 44.0 Å². The molecule has 1 N–H and O–H groups in total. The lowest BCUT2D eigenvalue weighted by atomic mass is 10.1. The van der Waals surface area contributed by atoms with Crippen molar-refractivity contribution in [1.82, 2.24) is 4.90 Å². The number of thioether (sulfide) groups is 1. The van der Waals surface area contributed by atoms with Gasteiger partial charge in [-0.05, 0) is 48.7 Å². The Morgan fingerprint density at radius 3 is 2.50 bits per heavy atom. The maximum absolute atomic E-state index is 12.9. The topological polar surface area (TPSA) is 82.1 Å². The number of hydrogen-bond donors (Lipinski definition) is 1. The van der Waals surface area contributed by atoms with Gasteiger partial charge in [0.05, 0.1) is 24.0 Å². The molecule has 2 fully saturated rings. The van der Waals surface area contributed by atoms with E-state index < -0.39 is 9.84 Å². The third-order valence-corrected chi connectivity index (χ3v) is 9.86. The number of aliphatic imine (C=N–C) groups is 1. The van der Waals surface area contributed by atoms with Gasteiger partial charge in [0.15, 0.2) is 15.0 Å². The molecule has 3 heterocycles. The average molecular weight is 499 g/mol. The van der Waals surface area contributed by atoms with Gasteiger partial charge in [-0.1, -0.05) is 36.0 Å². The highest BCUT2D eigenvalue weighted by atomic mass is 32.2. The van der Waals surface area contributed by atoms with Gasteiger partial charge in [0.1, 0.15) is 0 Å². The van der Waals surface area contributed by atoms with Crippen LogP contribution < -0.4 is 10.2 Å². The Labute approximate surface area is 205 Å². The highest BCUT2D eigenvalue weighted by Gasteiger charge is 2.42. The number of aryl methyl sites for hydroxylation is 2. The minimum absolute atomic E-state index is 0.0275. The molecular formula is C25H30N4O3S2. The summed E-state index contributed by atoms with van der Waals surface area (Å²) in [6, 6.07) is 14.2. The second-order valence-electron chi connectivity index (χ2n) is 9.39. The van der Waals surface area contributed by atoms with Crippen LogP contribution in [-0.4, -0.2) is 73.4 Å². The Hall–Kier alpha value is -2.52. The molecule has 2 atom stereocenters. The fourth-order valence-electron chi connectivity index (χ4n) is 4.79. The molecule has 7 nitrogen and oxygen atoms in total. The first-order valence-corrected chi connectivity index (χ1v) is 14.4. The summed E-state index contributed by atoms with van der Waals surface area (Å²) in [7, 11) is -2.94. The van der Waals surface area contributed by atoms with Crippen LogP contribution in [0, 0.1) is 13.8 Å². The van der Waals surface area contributed by atoms with Crippen molar-refractivity contribution in [3.63, 3.8) is 0 Å². The van der Waals surface area contributed by atoms with Crippen molar-refractivity contribution < 1.29 is 13.2 Å². The summed E-state index contributed by atoms with van der Waals surface area (Å²) in [5.74, 6) is 0.512. The maximum atomic E-state index is 12.9. The standard InChI is InChI=1S/C25H30N4O3S2/c1-17-3-4-18(2)22(13-17)28-9-11-29(12-10-28)24(30)14-19-5-7-20(8-6-19)26-25-27-21-15-34(31,32)16-23(21)33-25/h3-8,13,21,23H,9-12,14-16H2,1-2H3,(H,26,27)/t21-,23-/m0/s1. The number of carbonyl (C=O) groups excluding carboxylic acids is 1. The van der Waals surface area contributed by atoms with Gasteiger partial charge >= 0.3 is 0 Å². The van der Waals surface area contributed by atoms with Gasteiger partial charge in [0.2, 0.25) is 5.91 Å². The highest BCUT2D eigenvalue weighted by Crippen LogP contribution is 2.34. The van der Waals surface area contributed by atoms with E-state index in [1.54, 1.807) is 0 Å². The molecule has 5 rings (SSSR count). The first kappa shape index (κ1) is 23.2. The van der Waals surface area contributed by atoms with Gasteiger partial charge in [-0.2, -0.15) is 0 Å². The van der Waals surface area contributed by atoms with Crippen molar-refractivity contribution in [2.75, 3.05) is 47.9 Å².